The van der Waals surface area contributed by atoms with Gasteiger partial charge in [-0.05, 0) is 43.0 Å². The summed E-state index contributed by atoms with van der Waals surface area (Å²) < 4.78 is 5.48. The summed E-state index contributed by atoms with van der Waals surface area (Å²) in [7, 11) is 1.67. The number of nitrogens with zero attached hydrogens (tertiary/aromatic N) is 1. The van der Waals surface area contributed by atoms with E-state index >= 15 is 0 Å². The van der Waals surface area contributed by atoms with Crippen LogP contribution in [0.4, 0.5) is 5.69 Å². The Morgan fingerprint density at radius 1 is 1.22 bits per heavy atom. The minimum atomic E-state index is -0.345. The molecule has 2 fully saturated rings. The van der Waals surface area contributed by atoms with Gasteiger partial charge in [0.2, 0.25) is 5.91 Å². The molecule has 1 atom stereocenters. The van der Waals surface area contributed by atoms with Gasteiger partial charge in [-0.25, -0.2) is 0 Å². The van der Waals surface area contributed by atoms with Crippen molar-refractivity contribution in [3.05, 3.63) is 59.1 Å². The molecule has 1 saturated carbocycles. The highest BCUT2D eigenvalue weighted by Crippen LogP contribution is 2.44. The van der Waals surface area contributed by atoms with E-state index in [9.17, 15) is 4.79 Å². The summed E-state index contributed by atoms with van der Waals surface area (Å²) in [5.74, 6) is 0.982. The molecule has 1 amide bonds. The number of ether oxygens (including phenoxy) is 1. The SMILES string of the molecule is COc1ccc(Cl)cc1N1CCC(NC(=O)C2(c3ccccc3)CCC2)C1. The Kier molecular flexibility index (Phi) is 5.00. The number of carbonyl (C=O) groups is 1. The number of anilines is 1. The maximum absolute atomic E-state index is 13.1. The number of nitrogens with one attached hydrogen (secondary N) is 1. The number of methoxy groups -OCH3 is 1. The summed E-state index contributed by atoms with van der Waals surface area (Å²) in [4.78, 5) is 15.4. The van der Waals surface area contributed by atoms with Crippen molar-refractivity contribution in [2.45, 2.75) is 37.1 Å². The number of rotatable bonds is 5. The Hall–Kier alpha value is -2.20. The first kappa shape index (κ1) is 18.2. The lowest BCUT2D eigenvalue weighted by Gasteiger charge is -2.41. The Balaban J connectivity index is 1.46. The first-order valence-electron chi connectivity index (χ1n) is 9.57. The molecule has 0 spiro atoms. The molecule has 2 aromatic carbocycles. The van der Waals surface area contributed by atoms with Crippen molar-refractivity contribution < 1.29 is 9.53 Å². The number of hydrogen-bond donors (Lipinski definition) is 1. The minimum absolute atomic E-state index is 0.141. The van der Waals surface area contributed by atoms with Crippen LogP contribution < -0.4 is 15.0 Å². The zero-order valence-electron chi connectivity index (χ0n) is 15.6. The van der Waals surface area contributed by atoms with Gasteiger partial charge in [0.1, 0.15) is 5.75 Å². The molecule has 1 heterocycles. The second kappa shape index (κ2) is 7.43. The van der Waals surface area contributed by atoms with Gasteiger partial charge in [0.15, 0.2) is 0 Å². The molecule has 0 aromatic heterocycles. The van der Waals surface area contributed by atoms with Crippen molar-refractivity contribution >= 4 is 23.2 Å². The van der Waals surface area contributed by atoms with E-state index in [4.69, 9.17) is 16.3 Å². The topological polar surface area (TPSA) is 41.6 Å². The van der Waals surface area contributed by atoms with Crippen molar-refractivity contribution in [2.24, 2.45) is 0 Å². The third-order valence-electron chi connectivity index (χ3n) is 5.97. The van der Waals surface area contributed by atoms with Gasteiger partial charge < -0.3 is 15.0 Å². The van der Waals surface area contributed by atoms with Crippen molar-refractivity contribution in [3.8, 4) is 5.75 Å². The van der Waals surface area contributed by atoms with E-state index in [0.717, 1.165) is 55.8 Å². The van der Waals surface area contributed by atoms with Crippen LogP contribution in [0.1, 0.15) is 31.2 Å². The van der Waals surface area contributed by atoms with Gasteiger partial charge in [-0.2, -0.15) is 0 Å². The highest BCUT2D eigenvalue weighted by atomic mass is 35.5. The molecule has 5 heteroatoms. The minimum Gasteiger partial charge on any atom is -0.495 e. The van der Waals surface area contributed by atoms with Gasteiger partial charge in [-0.3, -0.25) is 4.79 Å². The number of hydrogen-bond acceptors (Lipinski definition) is 3. The third kappa shape index (κ3) is 3.39. The molecule has 1 aliphatic heterocycles. The summed E-state index contributed by atoms with van der Waals surface area (Å²) >= 11 is 6.18. The molecule has 4 nitrogen and oxygen atoms in total. The fraction of sp³-hybridized carbons (Fsp3) is 0.409. The molecule has 0 bridgehead atoms. The van der Waals surface area contributed by atoms with Crippen LogP contribution >= 0.6 is 11.6 Å². The van der Waals surface area contributed by atoms with Crippen molar-refractivity contribution in [1.29, 1.82) is 0 Å². The normalized spacial score (nSPS) is 20.8. The zero-order valence-corrected chi connectivity index (χ0v) is 16.3. The standard InChI is InChI=1S/C22H25ClN2O2/c1-27-20-9-8-17(23)14-19(20)25-13-10-18(15-25)24-21(26)22(11-5-12-22)16-6-3-2-4-7-16/h2-4,6-9,14,18H,5,10-13,15H2,1H3,(H,24,26). The van der Waals surface area contributed by atoms with Crippen LogP contribution in [-0.4, -0.2) is 32.1 Å². The second-order valence-corrected chi connectivity index (χ2v) is 7.96. The molecule has 1 aliphatic carbocycles. The number of benzene rings is 2. The fourth-order valence-electron chi connectivity index (χ4n) is 4.27. The first-order valence-corrected chi connectivity index (χ1v) is 9.95. The van der Waals surface area contributed by atoms with E-state index in [-0.39, 0.29) is 17.4 Å². The lowest BCUT2D eigenvalue weighted by molar-refractivity contribution is -0.130. The Bertz CT molecular complexity index is 820. The van der Waals surface area contributed by atoms with Gasteiger partial charge in [0, 0.05) is 24.2 Å². The summed E-state index contributed by atoms with van der Waals surface area (Å²) in [5.41, 5.74) is 1.78. The van der Waals surface area contributed by atoms with Crippen molar-refractivity contribution in [1.82, 2.24) is 5.32 Å². The van der Waals surface area contributed by atoms with E-state index in [1.165, 1.54) is 0 Å². The first-order chi connectivity index (χ1) is 13.1. The van der Waals surface area contributed by atoms with Crippen LogP contribution in [0.3, 0.4) is 0 Å². The predicted octanol–water partition coefficient (Wildman–Crippen LogP) is 4.17. The molecule has 0 radical (unpaired) electrons. The van der Waals surface area contributed by atoms with Gasteiger partial charge in [-0.15, -0.1) is 0 Å². The lowest BCUT2D eigenvalue weighted by Crippen LogP contribution is -2.52. The van der Waals surface area contributed by atoms with Gasteiger partial charge in [-0.1, -0.05) is 48.4 Å². The second-order valence-electron chi connectivity index (χ2n) is 7.52. The van der Waals surface area contributed by atoms with Crippen LogP contribution in [0.15, 0.2) is 48.5 Å². The fourth-order valence-corrected chi connectivity index (χ4v) is 4.43. The van der Waals surface area contributed by atoms with Crippen LogP contribution in [0, 0.1) is 0 Å². The van der Waals surface area contributed by atoms with E-state index in [2.05, 4.69) is 22.3 Å². The quantitative estimate of drug-likeness (QED) is 0.841. The monoisotopic (exact) mass is 384 g/mol. The third-order valence-corrected chi connectivity index (χ3v) is 6.21. The van der Waals surface area contributed by atoms with Gasteiger partial charge in [0.25, 0.3) is 0 Å². The zero-order chi connectivity index (χ0) is 18.9. The van der Waals surface area contributed by atoms with E-state index in [1.807, 2.05) is 36.4 Å². The maximum Gasteiger partial charge on any atom is 0.230 e. The molecule has 1 saturated heterocycles. The smallest absolute Gasteiger partial charge is 0.230 e. The number of halogens is 1. The Labute approximate surface area is 165 Å². The van der Waals surface area contributed by atoms with E-state index < -0.39 is 0 Å². The van der Waals surface area contributed by atoms with Crippen LogP contribution in [0.25, 0.3) is 0 Å². The average Bonchev–Trinajstić information content (AvgIpc) is 3.10. The molecule has 2 aromatic rings. The van der Waals surface area contributed by atoms with Crippen molar-refractivity contribution in [3.63, 3.8) is 0 Å². The van der Waals surface area contributed by atoms with E-state index in [1.54, 1.807) is 7.11 Å². The molecule has 1 unspecified atom stereocenters. The Morgan fingerprint density at radius 2 is 2.00 bits per heavy atom. The van der Waals surface area contributed by atoms with Gasteiger partial charge in [0.05, 0.1) is 18.2 Å². The van der Waals surface area contributed by atoms with Crippen molar-refractivity contribution in [2.75, 3.05) is 25.1 Å². The molecule has 2 aliphatic rings. The summed E-state index contributed by atoms with van der Waals surface area (Å²) in [6.07, 6.45) is 3.90. The summed E-state index contributed by atoms with van der Waals surface area (Å²) in [6.45, 7) is 1.65. The lowest BCUT2D eigenvalue weighted by atomic mass is 9.63. The highest BCUT2D eigenvalue weighted by molar-refractivity contribution is 6.30. The molecule has 1 N–H and O–H groups in total. The largest absolute Gasteiger partial charge is 0.495 e. The Morgan fingerprint density at radius 3 is 2.67 bits per heavy atom. The molecular weight excluding hydrogens is 360 g/mol. The number of amides is 1. The van der Waals surface area contributed by atoms with Crippen LogP contribution in [0.2, 0.25) is 5.02 Å². The van der Waals surface area contributed by atoms with Crippen LogP contribution in [0.5, 0.6) is 5.75 Å². The average molecular weight is 385 g/mol. The van der Waals surface area contributed by atoms with Gasteiger partial charge >= 0.3 is 0 Å². The van der Waals surface area contributed by atoms with Crippen LogP contribution in [-0.2, 0) is 10.2 Å². The summed E-state index contributed by atoms with van der Waals surface area (Å²) in [6, 6.07) is 16.0. The maximum atomic E-state index is 13.1. The highest BCUT2D eigenvalue weighted by Gasteiger charge is 2.46. The predicted molar refractivity (Wildman–Crippen MR) is 109 cm³/mol. The molecular formula is C22H25ClN2O2. The molecule has 142 valence electrons. The summed E-state index contributed by atoms with van der Waals surface area (Å²) in [5, 5.41) is 4.01. The number of carbonyl (C=O) groups excluding carboxylic acids is 1. The molecule has 4 rings (SSSR count). The van der Waals surface area contributed by atoms with E-state index in [0.29, 0.717) is 5.02 Å². The molecule has 27 heavy (non-hydrogen) atoms.